The molecule has 4 heterocycles. The van der Waals surface area contributed by atoms with Crippen LogP contribution in [0, 0.1) is 0 Å². The van der Waals surface area contributed by atoms with Gasteiger partial charge in [-0.3, -0.25) is 14.3 Å². The first-order valence-electron chi connectivity index (χ1n) is 9.20. The van der Waals surface area contributed by atoms with Crippen LogP contribution < -0.4 is 21.0 Å². The van der Waals surface area contributed by atoms with Crippen LogP contribution in [0.3, 0.4) is 0 Å². The lowest BCUT2D eigenvalue weighted by molar-refractivity contribution is -0.880. The predicted octanol–water partition coefficient (Wildman–Crippen LogP) is -1.66. The Hall–Kier alpha value is -2.66. The summed E-state index contributed by atoms with van der Waals surface area (Å²) in [4.78, 5) is 43.8. The molecular weight excluding hydrogens is 380 g/mol. The number of anilines is 1. The van der Waals surface area contributed by atoms with Crippen LogP contribution in [-0.4, -0.2) is 68.0 Å². The average Bonchev–Trinajstić information content (AvgIpc) is 3.08. The van der Waals surface area contributed by atoms with Crippen LogP contribution in [0.4, 0.5) is 5.95 Å². The quantitative estimate of drug-likeness (QED) is 0.388. The number of aromatic nitrogens is 6. The Morgan fingerprint density at radius 3 is 2.64 bits per heavy atom. The van der Waals surface area contributed by atoms with E-state index in [0.717, 1.165) is 32.1 Å². The van der Waals surface area contributed by atoms with Crippen molar-refractivity contribution in [2.24, 2.45) is 7.05 Å². The van der Waals surface area contributed by atoms with E-state index in [1.807, 2.05) is 4.57 Å². The molecule has 0 atom stereocenters. The van der Waals surface area contributed by atoms with E-state index in [4.69, 9.17) is 4.98 Å². The van der Waals surface area contributed by atoms with Crippen molar-refractivity contribution in [2.45, 2.75) is 11.7 Å². The number of H-pyrrole nitrogens is 1. The van der Waals surface area contributed by atoms with Crippen molar-refractivity contribution >= 4 is 28.9 Å². The molecule has 0 unspecified atom stereocenters. The van der Waals surface area contributed by atoms with Crippen LogP contribution in [0.15, 0.2) is 33.2 Å². The second-order valence-electron chi connectivity index (χ2n) is 6.88. The zero-order chi connectivity index (χ0) is 19.7. The SMILES string of the molecule is Cn1c(=O)[nH]c(=O)c2c1nc(N1CC[NH+](C)CC1)n2CCSc1ncccn1. The first-order chi connectivity index (χ1) is 13.5. The summed E-state index contributed by atoms with van der Waals surface area (Å²) in [5.74, 6) is 1.42. The lowest BCUT2D eigenvalue weighted by atomic mass is 10.3. The third-order valence-electron chi connectivity index (χ3n) is 4.97. The van der Waals surface area contributed by atoms with Gasteiger partial charge in [-0.1, -0.05) is 11.8 Å². The zero-order valence-electron chi connectivity index (χ0n) is 15.9. The predicted molar refractivity (Wildman–Crippen MR) is 107 cm³/mol. The summed E-state index contributed by atoms with van der Waals surface area (Å²) >= 11 is 1.52. The van der Waals surface area contributed by atoms with Crippen LogP contribution >= 0.6 is 11.8 Å². The minimum atomic E-state index is -0.455. The van der Waals surface area contributed by atoms with E-state index in [1.54, 1.807) is 25.5 Å². The molecule has 1 aliphatic rings. The normalized spacial score (nSPS) is 15.4. The number of imidazole rings is 1. The van der Waals surface area contributed by atoms with E-state index in [9.17, 15) is 9.59 Å². The third kappa shape index (κ3) is 3.54. The molecule has 0 aromatic carbocycles. The number of hydrogen-bond donors (Lipinski definition) is 2. The number of quaternary nitrogens is 1. The van der Waals surface area contributed by atoms with Crippen LogP contribution in [0.1, 0.15) is 0 Å². The minimum Gasteiger partial charge on any atom is -0.334 e. The molecule has 28 heavy (non-hydrogen) atoms. The number of aromatic amines is 1. The topological polar surface area (TPSA) is 106 Å². The van der Waals surface area contributed by atoms with Crippen LogP contribution in [0.25, 0.3) is 11.2 Å². The van der Waals surface area contributed by atoms with Crippen LogP contribution in [0.5, 0.6) is 0 Å². The van der Waals surface area contributed by atoms with Gasteiger partial charge in [0.2, 0.25) is 5.95 Å². The van der Waals surface area contributed by atoms with Gasteiger partial charge in [0.25, 0.3) is 5.56 Å². The summed E-state index contributed by atoms with van der Waals surface area (Å²) in [7, 11) is 3.80. The minimum absolute atomic E-state index is 0.405. The molecule has 0 spiro atoms. The lowest BCUT2D eigenvalue weighted by Gasteiger charge is -2.31. The van der Waals surface area contributed by atoms with E-state index in [-0.39, 0.29) is 0 Å². The Kier molecular flexibility index (Phi) is 5.18. The van der Waals surface area contributed by atoms with Gasteiger partial charge in [-0.15, -0.1) is 0 Å². The van der Waals surface area contributed by atoms with Gasteiger partial charge in [0.05, 0.1) is 33.2 Å². The monoisotopic (exact) mass is 403 g/mol. The maximum Gasteiger partial charge on any atom is 0.329 e. The number of nitrogens with one attached hydrogen (secondary N) is 2. The highest BCUT2D eigenvalue weighted by molar-refractivity contribution is 7.99. The zero-order valence-corrected chi connectivity index (χ0v) is 16.7. The average molecular weight is 403 g/mol. The number of likely N-dealkylation sites (N-methyl/N-ethyl adjacent to an activating group) is 1. The summed E-state index contributed by atoms with van der Waals surface area (Å²) in [6.45, 7) is 4.29. The molecule has 3 aromatic rings. The fourth-order valence-corrected chi connectivity index (χ4v) is 4.08. The molecule has 0 amide bonds. The molecule has 3 aromatic heterocycles. The lowest BCUT2D eigenvalue weighted by Crippen LogP contribution is -3.12. The van der Waals surface area contributed by atoms with E-state index >= 15 is 0 Å². The second kappa shape index (κ2) is 7.76. The van der Waals surface area contributed by atoms with Crippen LogP contribution in [-0.2, 0) is 13.6 Å². The number of hydrogen-bond acceptors (Lipinski definition) is 7. The molecule has 2 N–H and O–H groups in total. The Bertz CT molecular complexity index is 1080. The van der Waals surface area contributed by atoms with Gasteiger partial charge in [-0.25, -0.2) is 14.8 Å². The molecule has 11 heteroatoms. The number of thioether (sulfide) groups is 1. The van der Waals surface area contributed by atoms with Crippen molar-refractivity contribution in [1.82, 2.24) is 29.1 Å². The number of aryl methyl sites for hydroxylation is 2. The molecule has 0 aliphatic carbocycles. The highest BCUT2D eigenvalue weighted by Gasteiger charge is 2.25. The molecular formula is C17H23N8O2S+. The number of fused-ring (bicyclic) bond motifs is 1. The Balaban J connectivity index is 1.71. The van der Waals surface area contributed by atoms with Crippen molar-refractivity contribution in [3.05, 3.63) is 39.3 Å². The number of nitrogens with zero attached hydrogens (tertiary/aromatic N) is 6. The van der Waals surface area contributed by atoms with Gasteiger partial charge in [-0.2, -0.15) is 4.98 Å². The van der Waals surface area contributed by atoms with Crippen molar-refractivity contribution in [1.29, 1.82) is 0 Å². The third-order valence-corrected chi connectivity index (χ3v) is 5.83. The summed E-state index contributed by atoms with van der Waals surface area (Å²) in [6, 6.07) is 1.78. The van der Waals surface area contributed by atoms with Gasteiger partial charge in [0.1, 0.15) is 0 Å². The van der Waals surface area contributed by atoms with Gasteiger partial charge in [0.15, 0.2) is 16.3 Å². The Morgan fingerprint density at radius 1 is 1.21 bits per heavy atom. The summed E-state index contributed by atoms with van der Waals surface area (Å²) in [5, 5.41) is 0.693. The van der Waals surface area contributed by atoms with Crippen molar-refractivity contribution in [2.75, 3.05) is 43.9 Å². The fraction of sp³-hybridized carbons (Fsp3) is 0.471. The second-order valence-corrected chi connectivity index (χ2v) is 7.94. The maximum atomic E-state index is 12.6. The van der Waals surface area contributed by atoms with Gasteiger partial charge < -0.3 is 14.4 Å². The summed E-state index contributed by atoms with van der Waals surface area (Å²) in [6.07, 6.45) is 3.42. The van der Waals surface area contributed by atoms with Gasteiger partial charge in [0, 0.05) is 31.7 Å². The first kappa shape index (κ1) is 18.7. The summed E-state index contributed by atoms with van der Waals surface area (Å²) < 4.78 is 3.32. The Morgan fingerprint density at radius 2 is 1.93 bits per heavy atom. The molecule has 0 saturated carbocycles. The molecule has 0 radical (unpaired) electrons. The van der Waals surface area contributed by atoms with E-state index in [0.29, 0.717) is 28.6 Å². The molecule has 148 valence electrons. The van der Waals surface area contributed by atoms with Crippen molar-refractivity contribution in [3.63, 3.8) is 0 Å². The Labute approximate surface area is 165 Å². The molecule has 1 aliphatic heterocycles. The van der Waals surface area contributed by atoms with E-state index in [1.165, 1.54) is 21.2 Å². The van der Waals surface area contributed by atoms with Gasteiger partial charge >= 0.3 is 5.69 Å². The molecule has 0 bridgehead atoms. The molecule has 10 nitrogen and oxygen atoms in total. The smallest absolute Gasteiger partial charge is 0.329 e. The van der Waals surface area contributed by atoms with Crippen LogP contribution in [0.2, 0.25) is 0 Å². The van der Waals surface area contributed by atoms with Crippen molar-refractivity contribution in [3.8, 4) is 0 Å². The summed E-state index contributed by atoms with van der Waals surface area (Å²) in [5.41, 5.74) is -0.0184. The highest BCUT2D eigenvalue weighted by atomic mass is 32.2. The molecule has 4 rings (SSSR count). The molecule has 1 fully saturated rings. The molecule has 1 saturated heterocycles. The largest absolute Gasteiger partial charge is 0.334 e. The fourth-order valence-electron chi connectivity index (χ4n) is 3.35. The number of piperazine rings is 1. The first-order valence-corrected chi connectivity index (χ1v) is 10.2. The van der Waals surface area contributed by atoms with Crippen molar-refractivity contribution < 1.29 is 4.90 Å². The van der Waals surface area contributed by atoms with Gasteiger partial charge in [-0.05, 0) is 6.07 Å². The van der Waals surface area contributed by atoms with E-state index in [2.05, 4.69) is 26.9 Å². The highest BCUT2D eigenvalue weighted by Crippen LogP contribution is 2.21. The number of rotatable bonds is 5. The maximum absolute atomic E-state index is 12.6. The van der Waals surface area contributed by atoms with E-state index < -0.39 is 11.2 Å². The standard InChI is InChI=1S/C17H22N8O2S/c1-22-6-8-24(9-7-22)16-20-13-12(14(26)21-17(27)23(13)2)25(16)10-11-28-15-18-4-3-5-19-15/h3-5H,6-11H2,1-2H3,(H,21,26,27)/p+1.